The smallest absolute Gasteiger partial charge is 0.410 e. The SMILES string of the molecule is CC[C@@H]1CN(C(=O)OC(C)(C)C)C[C@H]1c1ccc(OC)cc1. The third-order valence-corrected chi connectivity index (χ3v) is 4.16. The monoisotopic (exact) mass is 305 g/mol. The van der Waals surface area contributed by atoms with E-state index in [1.807, 2.05) is 37.8 Å². The molecule has 0 aliphatic carbocycles. The minimum atomic E-state index is -0.447. The van der Waals surface area contributed by atoms with Crippen LogP contribution in [0.15, 0.2) is 24.3 Å². The Bertz CT molecular complexity index is 504. The molecule has 0 unspecified atom stereocenters. The minimum absolute atomic E-state index is 0.207. The normalized spacial score (nSPS) is 21.8. The van der Waals surface area contributed by atoms with Gasteiger partial charge in [0.2, 0.25) is 0 Å². The molecule has 0 N–H and O–H groups in total. The number of hydrogen-bond donors (Lipinski definition) is 0. The lowest BCUT2D eigenvalue weighted by Gasteiger charge is -2.24. The van der Waals surface area contributed by atoms with E-state index < -0.39 is 5.60 Å². The fourth-order valence-electron chi connectivity index (χ4n) is 2.99. The number of methoxy groups -OCH3 is 1. The molecule has 1 aliphatic heterocycles. The van der Waals surface area contributed by atoms with Gasteiger partial charge in [0, 0.05) is 19.0 Å². The first-order valence-electron chi connectivity index (χ1n) is 7.96. The van der Waals surface area contributed by atoms with Gasteiger partial charge in [-0.3, -0.25) is 0 Å². The van der Waals surface area contributed by atoms with Crippen molar-refractivity contribution in [2.45, 2.75) is 45.6 Å². The summed E-state index contributed by atoms with van der Waals surface area (Å²) < 4.78 is 10.7. The first-order chi connectivity index (χ1) is 10.3. The maximum atomic E-state index is 12.3. The van der Waals surface area contributed by atoms with Gasteiger partial charge in [-0.1, -0.05) is 25.5 Å². The van der Waals surface area contributed by atoms with Crippen molar-refractivity contribution >= 4 is 6.09 Å². The molecular formula is C18H27NO3. The lowest BCUT2D eigenvalue weighted by Crippen LogP contribution is -2.35. The minimum Gasteiger partial charge on any atom is -0.497 e. The van der Waals surface area contributed by atoms with E-state index in [-0.39, 0.29) is 6.09 Å². The second kappa shape index (κ2) is 6.59. The molecule has 2 rings (SSSR count). The predicted molar refractivity (Wildman–Crippen MR) is 87.3 cm³/mol. The van der Waals surface area contributed by atoms with Crippen LogP contribution >= 0.6 is 0 Å². The van der Waals surface area contributed by atoms with Gasteiger partial charge < -0.3 is 14.4 Å². The molecule has 2 atom stereocenters. The van der Waals surface area contributed by atoms with Crippen molar-refractivity contribution in [2.24, 2.45) is 5.92 Å². The molecule has 1 aliphatic rings. The summed E-state index contributed by atoms with van der Waals surface area (Å²) in [6.07, 6.45) is 0.845. The first kappa shape index (κ1) is 16.7. The summed E-state index contributed by atoms with van der Waals surface area (Å²) in [5, 5.41) is 0. The van der Waals surface area contributed by atoms with E-state index in [4.69, 9.17) is 9.47 Å². The van der Waals surface area contributed by atoms with Crippen LogP contribution in [0, 0.1) is 5.92 Å². The van der Waals surface area contributed by atoms with Gasteiger partial charge in [-0.05, 0) is 44.4 Å². The topological polar surface area (TPSA) is 38.8 Å². The summed E-state index contributed by atoms with van der Waals surface area (Å²) in [5.41, 5.74) is 0.815. The van der Waals surface area contributed by atoms with Crippen LogP contribution in [0.4, 0.5) is 4.79 Å². The Labute approximate surface area is 133 Å². The van der Waals surface area contributed by atoms with E-state index in [1.165, 1.54) is 5.56 Å². The lowest BCUT2D eigenvalue weighted by molar-refractivity contribution is 0.0286. The molecule has 1 aromatic rings. The van der Waals surface area contributed by atoms with Crippen LogP contribution in [0.1, 0.15) is 45.6 Å². The van der Waals surface area contributed by atoms with Crippen LogP contribution in [0.25, 0.3) is 0 Å². The maximum Gasteiger partial charge on any atom is 0.410 e. The van der Waals surface area contributed by atoms with Gasteiger partial charge in [0.25, 0.3) is 0 Å². The number of rotatable bonds is 3. The second-order valence-electron chi connectivity index (χ2n) is 6.93. The van der Waals surface area contributed by atoms with E-state index in [2.05, 4.69) is 19.1 Å². The maximum absolute atomic E-state index is 12.3. The molecule has 1 amide bonds. The molecule has 0 bridgehead atoms. The van der Waals surface area contributed by atoms with Gasteiger partial charge in [-0.2, -0.15) is 0 Å². The van der Waals surface area contributed by atoms with Crippen LogP contribution in [0.3, 0.4) is 0 Å². The highest BCUT2D eigenvalue weighted by molar-refractivity contribution is 5.68. The fourth-order valence-corrected chi connectivity index (χ4v) is 2.99. The zero-order chi connectivity index (χ0) is 16.3. The number of carbonyl (C=O) groups is 1. The number of nitrogens with zero attached hydrogens (tertiary/aromatic N) is 1. The summed E-state index contributed by atoms with van der Waals surface area (Å²) >= 11 is 0. The molecule has 4 nitrogen and oxygen atoms in total. The van der Waals surface area contributed by atoms with E-state index in [1.54, 1.807) is 7.11 Å². The fraction of sp³-hybridized carbons (Fsp3) is 0.611. The van der Waals surface area contributed by atoms with E-state index in [0.717, 1.165) is 25.3 Å². The third kappa shape index (κ3) is 3.93. The lowest BCUT2D eigenvalue weighted by atomic mass is 9.87. The summed E-state index contributed by atoms with van der Waals surface area (Å²) in [7, 11) is 1.67. The molecule has 122 valence electrons. The van der Waals surface area contributed by atoms with Gasteiger partial charge >= 0.3 is 6.09 Å². The van der Waals surface area contributed by atoms with Crippen LogP contribution in [0.2, 0.25) is 0 Å². The zero-order valence-corrected chi connectivity index (χ0v) is 14.3. The number of carbonyl (C=O) groups excluding carboxylic acids is 1. The van der Waals surface area contributed by atoms with Gasteiger partial charge in [-0.15, -0.1) is 0 Å². The highest BCUT2D eigenvalue weighted by atomic mass is 16.6. The summed E-state index contributed by atoms with van der Waals surface area (Å²) in [6, 6.07) is 8.17. The van der Waals surface area contributed by atoms with Crippen LogP contribution in [0.5, 0.6) is 5.75 Å². The van der Waals surface area contributed by atoms with Crippen LogP contribution < -0.4 is 4.74 Å². The predicted octanol–water partition coefficient (Wildman–Crippen LogP) is 4.06. The third-order valence-electron chi connectivity index (χ3n) is 4.16. The highest BCUT2D eigenvalue weighted by Crippen LogP contribution is 2.35. The summed E-state index contributed by atoms with van der Waals surface area (Å²) in [6.45, 7) is 9.37. The van der Waals surface area contributed by atoms with Crippen molar-refractivity contribution in [1.29, 1.82) is 0 Å². The standard InChI is InChI=1S/C18H27NO3/c1-6-13-11-19(17(20)22-18(2,3)4)12-16(13)14-7-9-15(21-5)10-8-14/h7-10,13,16H,6,11-12H2,1-5H3/t13-,16-/m1/s1. The van der Waals surface area contributed by atoms with Gasteiger partial charge in [0.05, 0.1) is 7.11 Å². The molecule has 0 spiro atoms. The quantitative estimate of drug-likeness (QED) is 0.845. The molecule has 1 fully saturated rings. The summed E-state index contributed by atoms with van der Waals surface area (Å²) in [5.74, 6) is 1.70. The molecule has 0 saturated carbocycles. The van der Waals surface area contributed by atoms with Crippen molar-refractivity contribution in [3.05, 3.63) is 29.8 Å². The molecule has 4 heteroatoms. The highest BCUT2D eigenvalue weighted by Gasteiger charge is 2.36. The van der Waals surface area contributed by atoms with E-state index in [9.17, 15) is 4.79 Å². The van der Waals surface area contributed by atoms with Crippen LogP contribution in [-0.2, 0) is 4.74 Å². The number of ether oxygens (including phenoxy) is 2. The molecule has 22 heavy (non-hydrogen) atoms. The Morgan fingerprint density at radius 1 is 1.23 bits per heavy atom. The number of amides is 1. The molecular weight excluding hydrogens is 278 g/mol. The van der Waals surface area contributed by atoms with E-state index in [0.29, 0.717) is 11.8 Å². The van der Waals surface area contributed by atoms with Crippen molar-refractivity contribution in [3.8, 4) is 5.75 Å². The summed E-state index contributed by atoms with van der Waals surface area (Å²) in [4.78, 5) is 14.1. The largest absolute Gasteiger partial charge is 0.497 e. The zero-order valence-electron chi connectivity index (χ0n) is 14.3. The Hall–Kier alpha value is -1.71. The van der Waals surface area contributed by atoms with Gasteiger partial charge in [0.15, 0.2) is 0 Å². The molecule has 0 radical (unpaired) electrons. The number of likely N-dealkylation sites (tertiary alicyclic amines) is 1. The van der Waals surface area contributed by atoms with Gasteiger partial charge in [0.1, 0.15) is 11.4 Å². The van der Waals surface area contributed by atoms with E-state index >= 15 is 0 Å². The Morgan fingerprint density at radius 2 is 1.86 bits per heavy atom. The Balaban J connectivity index is 2.10. The number of benzene rings is 1. The first-order valence-corrected chi connectivity index (χ1v) is 7.96. The van der Waals surface area contributed by atoms with Crippen molar-refractivity contribution in [1.82, 2.24) is 4.90 Å². The molecule has 0 aromatic heterocycles. The second-order valence-corrected chi connectivity index (χ2v) is 6.93. The average Bonchev–Trinajstić information content (AvgIpc) is 2.90. The molecule has 1 aromatic carbocycles. The number of hydrogen-bond acceptors (Lipinski definition) is 3. The molecule has 1 heterocycles. The average molecular weight is 305 g/mol. The van der Waals surface area contributed by atoms with Crippen molar-refractivity contribution < 1.29 is 14.3 Å². The Kier molecular flexibility index (Phi) is 4.99. The van der Waals surface area contributed by atoms with Crippen molar-refractivity contribution in [2.75, 3.05) is 20.2 Å². The van der Waals surface area contributed by atoms with Crippen molar-refractivity contribution in [3.63, 3.8) is 0 Å². The van der Waals surface area contributed by atoms with Gasteiger partial charge in [-0.25, -0.2) is 4.79 Å². The molecule has 1 saturated heterocycles. The Morgan fingerprint density at radius 3 is 2.36 bits per heavy atom. The van der Waals surface area contributed by atoms with Crippen LogP contribution in [-0.4, -0.2) is 36.8 Å².